The van der Waals surface area contributed by atoms with E-state index in [2.05, 4.69) is 19.2 Å². The zero-order valence-corrected chi connectivity index (χ0v) is 12.2. The first-order chi connectivity index (χ1) is 8.84. The highest BCUT2D eigenvalue weighted by molar-refractivity contribution is 4.77. The van der Waals surface area contributed by atoms with Gasteiger partial charge in [-0.25, -0.2) is 0 Å². The normalized spacial score (nSPS) is 24.3. The van der Waals surface area contributed by atoms with Crippen molar-refractivity contribution in [3.05, 3.63) is 0 Å². The first-order valence-electron chi connectivity index (χ1n) is 7.73. The zero-order chi connectivity index (χ0) is 13.1. The molecule has 0 aromatic carbocycles. The van der Waals surface area contributed by atoms with Gasteiger partial charge in [-0.2, -0.15) is 0 Å². The molecule has 0 aliphatic heterocycles. The van der Waals surface area contributed by atoms with E-state index in [-0.39, 0.29) is 0 Å². The molecule has 18 heavy (non-hydrogen) atoms. The third-order valence-electron chi connectivity index (χ3n) is 3.78. The predicted molar refractivity (Wildman–Crippen MR) is 76.0 cm³/mol. The van der Waals surface area contributed by atoms with Crippen molar-refractivity contribution >= 4 is 0 Å². The molecule has 0 amide bonds. The van der Waals surface area contributed by atoms with E-state index in [1.807, 2.05) is 0 Å². The second-order valence-electron chi connectivity index (χ2n) is 5.40. The van der Waals surface area contributed by atoms with Gasteiger partial charge in [0.1, 0.15) is 0 Å². The number of nitrogens with one attached hydrogen (secondary N) is 1. The third-order valence-corrected chi connectivity index (χ3v) is 3.78. The third kappa shape index (κ3) is 7.34. The summed E-state index contributed by atoms with van der Waals surface area (Å²) in [5, 5.41) is 3.62. The van der Waals surface area contributed by atoms with Gasteiger partial charge >= 0.3 is 0 Å². The van der Waals surface area contributed by atoms with Crippen molar-refractivity contribution in [2.75, 3.05) is 33.0 Å². The average Bonchev–Trinajstić information content (AvgIpc) is 2.39. The molecular formula is C15H31NO2. The lowest BCUT2D eigenvalue weighted by Crippen LogP contribution is -2.39. The topological polar surface area (TPSA) is 30.5 Å². The molecule has 0 spiro atoms. The van der Waals surface area contributed by atoms with Crippen molar-refractivity contribution in [2.45, 2.75) is 58.4 Å². The summed E-state index contributed by atoms with van der Waals surface area (Å²) in [5.74, 6) is 0.830. The van der Waals surface area contributed by atoms with Crippen molar-refractivity contribution < 1.29 is 9.47 Å². The Morgan fingerprint density at radius 1 is 1.00 bits per heavy atom. The van der Waals surface area contributed by atoms with E-state index in [1.54, 1.807) is 0 Å². The Kier molecular flexibility index (Phi) is 9.54. The summed E-state index contributed by atoms with van der Waals surface area (Å²) in [7, 11) is 0. The van der Waals surface area contributed by atoms with Crippen LogP contribution in [0.4, 0.5) is 0 Å². The summed E-state index contributed by atoms with van der Waals surface area (Å²) in [6, 6.07) is 0.711. The number of unbranched alkanes of at least 4 members (excludes halogenated alkanes) is 1. The molecule has 0 aromatic rings. The van der Waals surface area contributed by atoms with E-state index in [1.165, 1.54) is 32.1 Å². The second kappa shape index (κ2) is 10.8. The number of ether oxygens (including phenoxy) is 2. The van der Waals surface area contributed by atoms with Crippen LogP contribution in [0.2, 0.25) is 0 Å². The van der Waals surface area contributed by atoms with Gasteiger partial charge in [0.05, 0.1) is 19.8 Å². The van der Waals surface area contributed by atoms with Gasteiger partial charge in [0.15, 0.2) is 0 Å². The van der Waals surface area contributed by atoms with Crippen LogP contribution in [-0.2, 0) is 9.47 Å². The summed E-state index contributed by atoms with van der Waals surface area (Å²) in [4.78, 5) is 0. The minimum absolute atomic E-state index is 0.711. The van der Waals surface area contributed by atoms with Crippen LogP contribution in [0, 0.1) is 5.92 Å². The maximum atomic E-state index is 5.55. The number of hydrogen-bond acceptors (Lipinski definition) is 3. The van der Waals surface area contributed by atoms with Crippen molar-refractivity contribution in [2.24, 2.45) is 5.92 Å². The van der Waals surface area contributed by atoms with Crippen LogP contribution in [0.25, 0.3) is 0 Å². The van der Waals surface area contributed by atoms with E-state index in [0.29, 0.717) is 6.04 Å². The van der Waals surface area contributed by atoms with Gasteiger partial charge in [-0.15, -0.1) is 0 Å². The minimum atomic E-state index is 0.711. The van der Waals surface area contributed by atoms with Crippen LogP contribution in [0.3, 0.4) is 0 Å². The summed E-state index contributed by atoms with van der Waals surface area (Å²) in [6.45, 7) is 8.66. The average molecular weight is 257 g/mol. The Morgan fingerprint density at radius 2 is 1.72 bits per heavy atom. The van der Waals surface area contributed by atoms with E-state index >= 15 is 0 Å². The lowest BCUT2D eigenvalue weighted by Gasteiger charge is -2.29. The molecule has 108 valence electrons. The molecule has 1 aliphatic carbocycles. The molecule has 1 saturated carbocycles. The predicted octanol–water partition coefficient (Wildman–Crippen LogP) is 2.99. The second-order valence-corrected chi connectivity index (χ2v) is 5.40. The molecule has 0 aromatic heterocycles. The van der Waals surface area contributed by atoms with E-state index < -0.39 is 0 Å². The smallest absolute Gasteiger partial charge is 0.0701 e. The summed E-state index contributed by atoms with van der Waals surface area (Å²) < 4.78 is 11.0. The summed E-state index contributed by atoms with van der Waals surface area (Å²) in [5.41, 5.74) is 0. The summed E-state index contributed by atoms with van der Waals surface area (Å²) in [6.07, 6.45) is 7.86. The van der Waals surface area contributed by atoms with Crippen LogP contribution in [0.15, 0.2) is 0 Å². The molecule has 3 heteroatoms. The highest BCUT2D eigenvalue weighted by atomic mass is 16.5. The molecule has 0 radical (unpaired) electrons. The first kappa shape index (κ1) is 15.9. The van der Waals surface area contributed by atoms with E-state index in [0.717, 1.165) is 45.3 Å². The van der Waals surface area contributed by atoms with Gasteiger partial charge in [-0.1, -0.05) is 33.1 Å². The highest BCUT2D eigenvalue weighted by Gasteiger charge is 2.19. The lowest BCUT2D eigenvalue weighted by atomic mass is 9.86. The van der Waals surface area contributed by atoms with Crippen molar-refractivity contribution in [1.82, 2.24) is 5.32 Å². The zero-order valence-electron chi connectivity index (χ0n) is 12.2. The quantitative estimate of drug-likeness (QED) is 0.610. The highest BCUT2D eigenvalue weighted by Crippen LogP contribution is 2.23. The minimum Gasteiger partial charge on any atom is -0.379 e. The maximum Gasteiger partial charge on any atom is 0.0701 e. The molecule has 0 saturated heterocycles. The van der Waals surface area contributed by atoms with Gasteiger partial charge in [-0.05, 0) is 25.2 Å². The molecule has 2 unspecified atom stereocenters. The summed E-state index contributed by atoms with van der Waals surface area (Å²) >= 11 is 0. The molecule has 0 bridgehead atoms. The monoisotopic (exact) mass is 257 g/mol. The lowest BCUT2D eigenvalue weighted by molar-refractivity contribution is 0.0463. The standard InChI is InChI=1S/C15H31NO2/c1-3-4-10-17-12-13-18-11-9-16-15-8-6-5-7-14(15)2/h14-16H,3-13H2,1-2H3. The fourth-order valence-corrected chi connectivity index (χ4v) is 2.50. The van der Waals surface area contributed by atoms with Gasteiger partial charge in [0, 0.05) is 19.2 Å². The molecule has 3 nitrogen and oxygen atoms in total. The van der Waals surface area contributed by atoms with Gasteiger partial charge in [-0.3, -0.25) is 0 Å². The Bertz CT molecular complexity index is 187. The molecule has 2 atom stereocenters. The van der Waals surface area contributed by atoms with Crippen LogP contribution in [-0.4, -0.2) is 39.0 Å². The fraction of sp³-hybridized carbons (Fsp3) is 1.00. The Balaban J connectivity index is 1.83. The van der Waals surface area contributed by atoms with Crippen molar-refractivity contribution in [3.8, 4) is 0 Å². The number of hydrogen-bond donors (Lipinski definition) is 1. The number of rotatable bonds is 10. The van der Waals surface area contributed by atoms with Gasteiger partial charge in [0.25, 0.3) is 0 Å². The van der Waals surface area contributed by atoms with Crippen molar-refractivity contribution in [3.63, 3.8) is 0 Å². The van der Waals surface area contributed by atoms with E-state index in [9.17, 15) is 0 Å². The fourth-order valence-electron chi connectivity index (χ4n) is 2.50. The van der Waals surface area contributed by atoms with Crippen LogP contribution in [0.5, 0.6) is 0 Å². The van der Waals surface area contributed by atoms with Gasteiger partial charge < -0.3 is 14.8 Å². The SMILES string of the molecule is CCCCOCCOCCNC1CCCCC1C. The van der Waals surface area contributed by atoms with Crippen LogP contribution < -0.4 is 5.32 Å². The van der Waals surface area contributed by atoms with E-state index in [4.69, 9.17) is 9.47 Å². The van der Waals surface area contributed by atoms with Crippen molar-refractivity contribution in [1.29, 1.82) is 0 Å². The molecule has 1 rings (SSSR count). The van der Waals surface area contributed by atoms with Crippen LogP contribution in [0.1, 0.15) is 52.4 Å². The first-order valence-corrected chi connectivity index (χ1v) is 7.73. The largest absolute Gasteiger partial charge is 0.379 e. The Morgan fingerprint density at radius 3 is 2.44 bits per heavy atom. The molecular weight excluding hydrogens is 226 g/mol. The molecule has 1 aliphatic rings. The Labute approximate surface area is 113 Å². The molecule has 1 N–H and O–H groups in total. The Hall–Kier alpha value is -0.120. The molecule has 0 heterocycles. The van der Waals surface area contributed by atoms with Gasteiger partial charge in [0.2, 0.25) is 0 Å². The van der Waals surface area contributed by atoms with Crippen LogP contribution >= 0.6 is 0 Å². The molecule has 1 fully saturated rings. The maximum absolute atomic E-state index is 5.55.